The van der Waals surface area contributed by atoms with E-state index < -0.39 is 0 Å². The number of nitrogens with zero attached hydrogens (tertiary/aromatic N) is 3. The van der Waals surface area contributed by atoms with Crippen LogP contribution in [0.2, 0.25) is 5.02 Å². The number of hydrogen-bond acceptors (Lipinski definition) is 4. The van der Waals surface area contributed by atoms with Gasteiger partial charge in [0.15, 0.2) is 0 Å². The summed E-state index contributed by atoms with van der Waals surface area (Å²) >= 11 is 6.00. The zero-order valence-electron chi connectivity index (χ0n) is 16.1. The van der Waals surface area contributed by atoms with Gasteiger partial charge in [-0.25, -0.2) is 0 Å². The van der Waals surface area contributed by atoms with Crippen molar-refractivity contribution < 1.29 is 14.4 Å². The molecule has 2 fully saturated rings. The van der Waals surface area contributed by atoms with E-state index in [-0.39, 0.29) is 54.5 Å². The van der Waals surface area contributed by atoms with Gasteiger partial charge in [-0.2, -0.15) is 0 Å². The van der Waals surface area contributed by atoms with Crippen LogP contribution in [0.15, 0.2) is 60.8 Å². The summed E-state index contributed by atoms with van der Waals surface area (Å²) in [7, 11) is 0. The van der Waals surface area contributed by atoms with Crippen molar-refractivity contribution in [1.82, 2.24) is 9.88 Å². The summed E-state index contributed by atoms with van der Waals surface area (Å²) < 4.78 is 0. The Morgan fingerprint density at radius 3 is 2.30 bits per heavy atom. The number of amides is 3. The van der Waals surface area contributed by atoms with Gasteiger partial charge < -0.3 is 4.90 Å². The number of hydrogen-bond donors (Lipinski definition) is 0. The third-order valence-corrected chi connectivity index (χ3v) is 6.59. The SMILES string of the molecule is O=C1C2C3C=CC(C3)C2C(=O)N1CC(=O)N(Cc1ccccn1)c1ccc(Cl)cc1. The number of likely N-dealkylation sites (tertiary alicyclic amines) is 1. The number of aromatic nitrogens is 1. The van der Waals surface area contributed by atoms with Gasteiger partial charge in [0.2, 0.25) is 17.7 Å². The molecule has 0 N–H and O–H groups in total. The molecule has 2 aliphatic carbocycles. The topological polar surface area (TPSA) is 70.6 Å². The van der Waals surface area contributed by atoms with Gasteiger partial charge in [-0.15, -0.1) is 0 Å². The van der Waals surface area contributed by atoms with E-state index in [1.54, 1.807) is 41.4 Å². The van der Waals surface area contributed by atoms with Gasteiger partial charge in [0, 0.05) is 16.9 Å². The van der Waals surface area contributed by atoms with Crippen LogP contribution in [0.25, 0.3) is 0 Å². The summed E-state index contributed by atoms with van der Waals surface area (Å²) in [5.74, 6) is -1.13. The molecule has 5 rings (SSSR count). The van der Waals surface area contributed by atoms with Crippen LogP contribution in [0.3, 0.4) is 0 Å². The number of anilines is 1. The van der Waals surface area contributed by atoms with Crippen LogP contribution in [-0.4, -0.2) is 34.2 Å². The molecule has 1 saturated carbocycles. The van der Waals surface area contributed by atoms with Gasteiger partial charge in [-0.3, -0.25) is 24.3 Å². The fourth-order valence-corrected chi connectivity index (χ4v) is 5.06. The Bertz CT molecular complexity index is 1010. The molecule has 4 unspecified atom stereocenters. The molecule has 0 radical (unpaired) electrons. The minimum absolute atomic E-state index is 0.123. The highest BCUT2D eigenvalue weighted by atomic mass is 35.5. The number of pyridine rings is 1. The number of allylic oxidation sites excluding steroid dienone is 2. The van der Waals surface area contributed by atoms with E-state index in [1.807, 2.05) is 24.3 Å². The van der Waals surface area contributed by atoms with Crippen molar-refractivity contribution in [2.45, 2.75) is 13.0 Å². The third kappa shape index (κ3) is 3.12. The Kier molecular flexibility index (Phi) is 4.66. The molecule has 1 aliphatic heterocycles. The van der Waals surface area contributed by atoms with E-state index in [4.69, 9.17) is 11.6 Å². The smallest absolute Gasteiger partial charge is 0.247 e. The predicted octanol–water partition coefficient (Wildman–Crippen LogP) is 3.08. The number of benzene rings is 1. The molecular formula is C23H20ClN3O3. The summed E-state index contributed by atoms with van der Waals surface area (Å²) in [6, 6.07) is 12.4. The van der Waals surface area contributed by atoms with Gasteiger partial charge in [-0.1, -0.05) is 29.8 Å². The molecule has 0 spiro atoms. The van der Waals surface area contributed by atoms with Crippen molar-refractivity contribution in [1.29, 1.82) is 0 Å². The lowest BCUT2D eigenvalue weighted by Gasteiger charge is -2.25. The largest absolute Gasteiger partial charge is 0.305 e. The minimum atomic E-state index is -0.329. The second-order valence-corrected chi connectivity index (χ2v) is 8.48. The lowest BCUT2D eigenvalue weighted by Crippen LogP contribution is -2.43. The highest BCUT2D eigenvalue weighted by molar-refractivity contribution is 6.30. The minimum Gasteiger partial charge on any atom is -0.305 e. The van der Waals surface area contributed by atoms with Crippen LogP contribution >= 0.6 is 11.6 Å². The fourth-order valence-electron chi connectivity index (χ4n) is 4.94. The number of imide groups is 1. The zero-order valence-corrected chi connectivity index (χ0v) is 16.9. The van der Waals surface area contributed by atoms with Gasteiger partial charge >= 0.3 is 0 Å². The van der Waals surface area contributed by atoms with E-state index in [2.05, 4.69) is 4.98 Å². The summed E-state index contributed by atoms with van der Waals surface area (Å²) in [5, 5.41) is 0.560. The Balaban J connectivity index is 1.39. The van der Waals surface area contributed by atoms with Crippen LogP contribution in [0.4, 0.5) is 5.69 Å². The van der Waals surface area contributed by atoms with Crippen molar-refractivity contribution in [3.8, 4) is 0 Å². The molecule has 30 heavy (non-hydrogen) atoms. The van der Waals surface area contributed by atoms with Crippen LogP contribution in [0.5, 0.6) is 0 Å². The molecule has 1 saturated heterocycles. The van der Waals surface area contributed by atoms with Crippen LogP contribution in [-0.2, 0) is 20.9 Å². The number of carbonyl (C=O) groups excluding carboxylic acids is 3. The molecule has 2 bridgehead atoms. The highest BCUT2D eigenvalue weighted by Crippen LogP contribution is 2.52. The lowest BCUT2D eigenvalue weighted by atomic mass is 9.85. The number of carbonyl (C=O) groups is 3. The molecule has 152 valence electrons. The Morgan fingerprint density at radius 1 is 1.03 bits per heavy atom. The maximum absolute atomic E-state index is 13.3. The lowest BCUT2D eigenvalue weighted by molar-refractivity contribution is -0.143. The van der Waals surface area contributed by atoms with Gasteiger partial charge in [0.25, 0.3) is 0 Å². The molecule has 3 aliphatic rings. The Morgan fingerprint density at radius 2 is 1.70 bits per heavy atom. The molecule has 7 heteroatoms. The fraction of sp³-hybridized carbons (Fsp3) is 0.304. The molecule has 2 aromatic rings. The first-order chi connectivity index (χ1) is 14.5. The molecule has 4 atom stereocenters. The number of fused-ring (bicyclic) bond motifs is 5. The normalized spacial score (nSPS) is 26.4. The van der Waals surface area contributed by atoms with Gasteiger partial charge in [-0.05, 0) is 54.7 Å². The van der Waals surface area contributed by atoms with E-state index in [0.717, 1.165) is 11.3 Å². The molecule has 1 aromatic heterocycles. The van der Waals surface area contributed by atoms with Crippen molar-refractivity contribution in [2.75, 3.05) is 11.4 Å². The summed E-state index contributed by atoms with van der Waals surface area (Å²) in [5.41, 5.74) is 1.34. The first-order valence-corrected chi connectivity index (χ1v) is 10.4. The van der Waals surface area contributed by atoms with Gasteiger partial charge in [0.05, 0.1) is 24.1 Å². The predicted molar refractivity (Wildman–Crippen MR) is 111 cm³/mol. The molecule has 6 nitrogen and oxygen atoms in total. The summed E-state index contributed by atoms with van der Waals surface area (Å²) in [4.78, 5) is 46.2. The summed E-state index contributed by atoms with van der Waals surface area (Å²) in [6.45, 7) is -0.0310. The molecule has 1 aromatic carbocycles. The maximum Gasteiger partial charge on any atom is 0.247 e. The monoisotopic (exact) mass is 421 g/mol. The van der Waals surface area contributed by atoms with Crippen molar-refractivity contribution >= 4 is 35.0 Å². The summed E-state index contributed by atoms with van der Waals surface area (Å²) in [6.07, 6.45) is 6.62. The van der Waals surface area contributed by atoms with Crippen molar-refractivity contribution in [2.24, 2.45) is 23.7 Å². The Hall–Kier alpha value is -2.99. The number of halogens is 1. The average molecular weight is 422 g/mol. The molecule has 3 amide bonds. The van der Waals surface area contributed by atoms with E-state index in [9.17, 15) is 14.4 Å². The third-order valence-electron chi connectivity index (χ3n) is 6.34. The zero-order chi connectivity index (χ0) is 20.8. The van der Waals surface area contributed by atoms with Crippen LogP contribution in [0, 0.1) is 23.7 Å². The first kappa shape index (κ1) is 19.0. The Labute approximate surface area is 179 Å². The average Bonchev–Trinajstić information content (AvgIpc) is 3.44. The van der Waals surface area contributed by atoms with Gasteiger partial charge in [0.1, 0.15) is 6.54 Å². The van der Waals surface area contributed by atoms with E-state index in [1.165, 1.54) is 0 Å². The molecular weight excluding hydrogens is 402 g/mol. The molecule has 2 heterocycles. The maximum atomic E-state index is 13.3. The van der Waals surface area contributed by atoms with Crippen molar-refractivity contribution in [3.05, 3.63) is 71.5 Å². The van der Waals surface area contributed by atoms with Crippen molar-refractivity contribution in [3.63, 3.8) is 0 Å². The second kappa shape index (κ2) is 7.36. The van der Waals surface area contributed by atoms with Crippen LogP contribution in [0.1, 0.15) is 12.1 Å². The number of rotatable bonds is 5. The first-order valence-electron chi connectivity index (χ1n) is 10.0. The highest BCUT2D eigenvalue weighted by Gasteiger charge is 2.59. The van der Waals surface area contributed by atoms with E-state index >= 15 is 0 Å². The standard InChI is InChI=1S/C23H20ClN3O3/c24-16-6-8-18(9-7-16)26(12-17-3-1-2-10-25-17)19(28)13-27-22(29)20-14-4-5-15(11-14)21(20)23(27)30/h1-10,14-15,20-21H,11-13H2. The van der Waals surface area contributed by atoms with E-state index in [0.29, 0.717) is 16.4 Å². The quantitative estimate of drug-likeness (QED) is 0.549. The van der Waals surface area contributed by atoms with Crippen LogP contribution < -0.4 is 4.90 Å². The second-order valence-electron chi connectivity index (χ2n) is 8.04.